The van der Waals surface area contributed by atoms with Crippen molar-refractivity contribution >= 4 is 54.1 Å². The Labute approximate surface area is 294 Å². The van der Waals surface area contributed by atoms with Crippen molar-refractivity contribution in [2.24, 2.45) is 0 Å². The van der Waals surface area contributed by atoms with Crippen LogP contribution in [0.4, 0.5) is 0 Å². The van der Waals surface area contributed by atoms with Gasteiger partial charge in [-0.1, -0.05) is 146 Å². The van der Waals surface area contributed by atoms with Crippen molar-refractivity contribution in [2.75, 3.05) is 0 Å². The summed E-state index contributed by atoms with van der Waals surface area (Å²) in [5, 5.41) is 10.2. The number of benzene rings is 9. The molecule has 0 bridgehead atoms. The van der Waals surface area contributed by atoms with E-state index in [1.165, 1.54) is 87.5 Å². The first kappa shape index (κ1) is 27.2. The minimum Gasteiger partial charge on any atom is -0.457 e. The fraction of sp³-hybridized carbons (Fsp3) is 0.0204. The van der Waals surface area contributed by atoms with Crippen molar-refractivity contribution in [3.63, 3.8) is 0 Å². The van der Waals surface area contributed by atoms with Gasteiger partial charge < -0.3 is 9.30 Å². The van der Waals surface area contributed by atoms with Crippen LogP contribution in [0.15, 0.2) is 176 Å². The Morgan fingerprint density at radius 3 is 1.57 bits per heavy atom. The summed E-state index contributed by atoms with van der Waals surface area (Å²) in [6.07, 6.45) is 0. The van der Waals surface area contributed by atoms with Gasteiger partial charge in [-0.3, -0.25) is 0 Å². The maximum absolute atomic E-state index is 6.62. The second-order valence-electron chi connectivity index (χ2n) is 13.9. The van der Waals surface area contributed by atoms with E-state index in [-0.39, 0.29) is 0 Å². The Morgan fingerprint density at radius 1 is 0.373 bits per heavy atom. The molecule has 1 aromatic heterocycles. The molecule has 1 spiro atoms. The number of hydrogen-bond donors (Lipinski definition) is 0. The summed E-state index contributed by atoms with van der Waals surface area (Å²) in [7, 11) is 0. The third kappa shape index (κ3) is 3.32. The van der Waals surface area contributed by atoms with Crippen LogP contribution in [-0.4, -0.2) is 4.57 Å². The highest BCUT2D eigenvalue weighted by Crippen LogP contribution is 2.63. The molecule has 0 unspecified atom stereocenters. The number of ether oxygens (including phenoxy) is 1. The molecule has 2 heterocycles. The Morgan fingerprint density at radius 2 is 0.882 bits per heavy atom. The molecule has 9 aromatic carbocycles. The Hall–Kier alpha value is -6.64. The van der Waals surface area contributed by atoms with Gasteiger partial charge >= 0.3 is 0 Å². The molecule has 0 saturated heterocycles. The van der Waals surface area contributed by atoms with Gasteiger partial charge in [-0.25, -0.2) is 0 Å². The number of rotatable bonds is 1. The van der Waals surface area contributed by atoms with Gasteiger partial charge in [-0.2, -0.15) is 0 Å². The lowest BCUT2D eigenvalue weighted by Gasteiger charge is -2.39. The molecule has 2 heteroatoms. The first-order valence-electron chi connectivity index (χ1n) is 17.7. The second-order valence-corrected chi connectivity index (χ2v) is 13.9. The molecule has 1 aliphatic carbocycles. The van der Waals surface area contributed by atoms with Gasteiger partial charge in [0.2, 0.25) is 0 Å². The van der Waals surface area contributed by atoms with E-state index in [4.69, 9.17) is 4.74 Å². The molecular formula is C49H29NO. The van der Waals surface area contributed by atoms with Gasteiger partial charge in [-0.15, -0.1) is 0 Å². The van der Waals surface area contributed by atoms with Gasteiger partial charge in [0, 0.05) is 33.2 Å². The van der Waals surface area contributed by atoms with Crippen molar-refractivity contribution in [2.45, 2.75) is 5.41 Å². The van der Waals surface area contributed by atoms with Gasteiger partial charge in [0.25, 0.3) is 0 Å². The molecule has 2 nitrogen and oxygen atoms in total. The average molecular weight is 648 g/mol. The van der Waals surface area contributed by atoms with E-state index in [0.717, 1.165) is 17.2 Å². The predicted molar refractivity (Wildman–Crippen MR) is 211 cm³/mol. The summed E-state index contributed by atoms with van der Waals surface area (Å²) in [5.41, 5.74) is 10.6. The van der Waals surface area contributed by atoms with E-state index in [0.29, 0.717) is 0 Å². The van der Waals surface area contributed by atoms with Crippen molar-refractivity contribution < 1.29 is 4.74 Å². The van der Waals surface area contributed by atoms with E-state index in [2.05, 4.69) is 180 Å². The highest BCUT2D eigenvalue weighted by atomic mass is 16.5. The summed E-state index contributed by atoms with van der Waals surface area (Å²) in [6.45, 7) is 0. The van der Waals surface area contributed by atoms with Crippen LogP contribution in [0.5, 0.6) is 11.5 Å². The first-order chi connectivity index (χ1) is 25.3. The monoisotopic (exact) mass is 647 g/mol. The Balaban J connectivity index is 1.26. The molecule has 0 amide bonds. The van der Waals surface area contributed by atoms with E-state index in [9.17, 15) is 0 Å². The van der Waals surface area contributed by atoms with Gasteiger partial charge in [0.15, 0.2) is 0 Å². The highest BCUT2D eigenvalue weighted by Gasteiger charge is 2.51. The van der Waals surface area contributed by atoms with Crippen LogP contribution in [0.3, 0.4) is 0 Å². The molecule has 0 radical (unpaired) electrons. The van der Waals surface area contributed by atoms with Crippen molar-refractivity contribution in [1.29, 1.82) is 0 Å². The van der Waals surface area contributed by atoms with Crippen LogP contribution < -0.4 is 4.74 Å². The van der Waals surface area contributed by atoms with Gasteiger partial charge in [-0.05, 0) is 79.3 Å². The largest absolute Gasteiger partial charge is 0.457 e. The molecule has 2 aliphatic rings. The summed E-state index contributed by atoms with van der Waals surface area (Å²) >= 11 is 0. The van der Waals surface area contributed by atoms with Crippen LogP contribution in [-0.2, 0) is 5.41 Å². The Kier molecular flexibility index (Phi) is 5.20. The van der Waals surface area contributed by atoms with Crippen LogP contribution >= 0.6 is 0 Å². The minimum absolute atomic E-state index is 0.522. The summed E-state index contributed by atoms with van der Waals surface area (Å²) < 4.78 is 9.15. The molecule has 0 atom stereocenters. The molecule has 1 aliphatic heterocycles. The molecule has 0 N–H and O–H groups in total. The van der Waals surface area contributed by atoms with Crippen LogP contribution in [0, 0.1) is 0 Å². The van der Waals surface area contributed by atoms with Crippen molar-refractivity contribution in [3.8, 4) is 28.3 Å². The summed E-state index contributed by atoms with van der Waals surface area (Å²) in [5.74, 6) is 1.82. The second kappa shape index (κ2) is 9.74. The topological polar surface area (TPSA) is 14.2 Å². The number of fused-ring (bicyclic) bond motifs is 19. The van der Waals surface area contributed by atoms with E-state index in [1.54, 1.807) is 0 Å². The molecule has 10 aromatic rings. The minimum atomic E-state index is -0.522. The fourth-order valence-corrected chi connectivity index (χ4v) is 9.69. The van der Waals surface area contributed by atoms with Crippen LogP contribution in [0.1, 0.15) is 22.3 Å². The maximum atomic E-state index is 6.62. The normalized spacial score (nSPS) is 13.8. The molecule has 236 valence electrons. The smallest absolute Gasteiger partial charge is 0.132 e. The fourth-order valence-electron chi connectivity index (χ4n) is 9.69. The third-order valence-electron chi connectivity index (χ3n) is 11.6. The zero-order valence-electron chi connectivity index (χ0n) is 27.6. The lowest BCUT2D eigenvalue weighted by molar-refractivity contribution is 0.436. The molecule has 51 heavy (non-hydrogen) atoms. The molecular weight excluding hydrogens is 619 g/mol. The molecule has 0 fully saturated rings. The lowest BCUT2D eigenvalue weighted by Crippen LogP contribution is -2.32. The summed E-state index contributed by atoms with van der Waals surface area (Å²) in [6, 6.07) is 64.7. The highest BCUT2D eigenvalue weighted by molar-refractivity contribution is 6.26. The van der Waals surface area contributed by atoms with E-state index >= 15 is 0 Å². The zero-order chi connectivity index (χ0) is 33.3. The van der Waals surface area contributed by atoms with Crippen LogP contribution in [0.25, 0.3) is 70.9 Å². The first-order valence-corrected chi connectivity index (χ1v) is 17.7. The average Bonchev–Trinajstić information content (AvgIpc) is 3.69. The SMILES string of the molecule is c1ccc2c(c1)Oc1ccccc1C21c2ccccc2-c2c1ccc1c3ccccc3n(-c3ccc4c5ccccc5c5ccccc5c4c3)c21. The third-order valence-corrected chi connectivity index (χ3v) is 11.6. The number of para-hydroxylation sites is 3. The number of hydrogen-bond acceptors (Lipinski definition) is 1. The predicted octanol–water partition coefficient (Wildman–Crippen LogP) is 12.7. The Bertz CT molecular complexity index is 3050. The molecule has 12 rings (SSSR count). The number of nitrogens with zero attached hydrogens (tertiary/aromatic N) is 1. The van der Waals surface area contributed by atoms with E-state index < -0.39 is 5.41 Å². The zero-order valence-corrected chi connectivity index (χ0v) is 27.6. The standard InChI is InChI=1S/C49H29NO/c1-2-15-33-31(13-1)32-14-3-4-16-34(32)39-29-30(25-26-35(33)39)50-44-22-10-6-17-36(44)37-27-28-43-47(48(37)50)38-18-5-7-19-40(38)49(43)41-20-8-11-23-45(41)51-46-24-12-9-21-42(46)49/h1-29H. The van der Waals surface area contributed by atoms with Gasteiger partial charge in [0.05, 0.1) is 16.4 Å². The lowest BCUT2D eigenvalue weighted by atomic mass is 9.66. The quantitative estimate of drug-likeness (QED) is 0.162. The maximum Gasteiger partial charge on any atom is 0.132 e. The van der Waals surface area contributed by atoms with E-state index in [1.807, 2.05) is 0 Å². The molecule has 0 saturated carbocycles. The van der Waals surface area contributed by atoms with Crippen LogP contribution in [0.2, 0.25) is 0 Å². The summed E-state index contributed by atoms with van der Waals surface area (Å²) in [4.78, 5) is 0. The van der Waals surface area contributed by atoms with Crippen molar-refractivity contribution in [3.05, 3.63) is 198 Å². The van der Waals surface area contributed by atoms with Crippen molar-refractivity contribution in [1.82, 2.24) is 4.57 Å². The number of aromatic nitrogens is 1. The van der Waals surface area contributed by atoms with Gasteiger partial charge in [0.1, 0.15) is 11.5 Å².